The van der Waals surface area contributed by atoms with Crippen LogP contribution >= 0.6 is 12.4 Å². The van der Waals surface area contributed by atoms with Gasteiger partial charge in [0.1, 0.15) is 18.2 Å². The fraction of sp³-hybridized carbons (Fsp3) is 0.368. The fourth-order valence-corrected chi connectivity index (χ4v) is 2.20. The first-order valence-electron chi connectivity index (χ1n) is 8.03. The van der Waals surface area contributed by atoms with Gasteiger partial charge in [-0.05, 0) is 43.7 Å². The van der Waals surface area contributed by atoms with Crippen LogP contribution in [0.4, 0.5) is 4.39 Å². The largest absolute Gasteiger partial charge is 0.489 e. The molecular weight excluding hydrogens is 329 g/mol. The van der Waals surface area contributed by atoms with Gasteiger partial charge in [0.2, 0.25) is 0 Å². The molecule has 0 saturated heterocycles. The lowest BCUT2D eigenvalue weighted by Crippen LogP contribution is -2.16. The molecule has 2 rings (SSSR count). The third kappa shape index (κ3) is 7.30. The molecule has 5 heteroatoms. The van der Waals surface area contributed by atoms with Crippen LogP contribution in [-0.2, 0) is 17.9 Å². The molecule has 24 heavy (non-hydrogen) atoms. The van der Waals surface area contributed by atoms with Gasteiger partial charge in [-0.25, -0.2) is 4.39 Å². The number of rotatable bonds is 10. The predicted molar refractivity (Wildman–Crippen MR) is 97.2 cm³/mol. The summed E-state index contributed by atoms with van der Waals surface area (Å²) in [5.41, 5.74) is 1.71. The van der Waals surface area contributed by atoms with Crippen molar-refractivity contribution >= 4 is 12.4 Å². The van der Waals surface area contributed by atoms with E-state index in [0.717, 1.165) is 44.0 Å². The summed E-state index contributed by atoms with van der Waals surface area (Å²) in [6.45, 7) is 5.48. The van der Waals surface area contributed by atoms with Crippen molar-refractivity contribution in [3.8, 4) is 5.75 Å². The van der Waals surface area contributed by atoms with E-state index in [0.29, 0.717) is 5.56 Å². The lowest BCUT2D eigenvalue weighted by atomic mass is 10.2. The van der Waals surface area contributed by atoms with Crippen molar-refractivity contribution in [1.29, 1.82) is 0 Å². The Kier molecular flexibility index (Phi) is 10.1. The average Bonchev–Trinajstić information content (AvgIpc) is 2.58. The lowest BCUT2D eigenvalue weighted by Gasteiger charge is -2.09. The first kappa shape index (κ1) is 20.4. The van der Waals surface area contributed by atoms with E-state index in [4.69, 9.17) is 9.47 Å². The molecule has 0 aliphatic heterocycles. The van der Waals surface area contributed by atoms with Crippen molar-refractivity contribution in [1.82, 2.24) is 5.32 Å². The molecule has 0 radical (unpaired) electrons. The molecule has 0 spiro atoms. The van der Waals surface area contributed by atoms with Crippen molar-refractivity contribution in [3.05, 3.63) is 65.5 Å². The summed E-state index contributed by atoms with van der Waals surface area (Å²) in [5.74, 6) is 0.515. The molecule has 3 nitrogen and oxygen atoms in total. The Morgan fingerprint density at radius 3 is 2.71 bits per heavy atom. The molecular formula is C19H25ClFNO2. The quantitative estimate of drug-likeness (QED) is 0.644. The second-order valence-electron chi connectivity index (χ2n) is 5.25. The first-order valence-corrected chi connectivity index (χ1v) is 8.03. The maximum Gasteiger partial charge on any atom is 0.129 e. The molecule has 132 valence electrons. The van der Waals surface area contributed by atoms with Crippen molar-refractivity contribution in [3.63, 3.8) is 0 Å². The van der Waals surface area contributed by atoms with Gasteiger partial charge in [-0.15, -0.1) is 12.4 Å². The van der Waals surface area contributed by atoms with Gasteiger partial charge in [0.15, 0.2) is 0 Å². The molecule has 0 aliphatic rings. The minimum atomic E-state index is -0.236. The molecule has 2 aromatic rings. The fourth-order valence-electron chi connectivity index (χ4n) is 2.20. The van der Waals surface area contributed by atoms with E-state index in [2.05, 4.69) is 5.32 Å². The van der Waals surface area contributed by atoms with E-state index in [9.17, 15) is 4.39 Å². The second-order valence-corrected chi connectivity index (χ2v) is 5.25. The van der Waals surface area contributed by atoms with Gasteiger partial charge >= 0.3 is 0 Å². The third-order valence-electron chi connectivity index (χ3n) is 3.43. The van der Waals surface area contributed by atoms with Gasteiger partial charge in [0.05, 0.1) is 0 Å². The van der Waals surface area contributed by atoms with Crippen LogP contribution in [0.15, 0.2) is 48.5 Å². The van der Waals surface area contributed by atoms with Gasteiger partial charge in [-0.1, -0.05) is 30.3 Å². The molecule has 0 unspecified atom stereocenters. The highest BCUT2D eigenvalue weighted by molar-refractivity contribution is 5.85. The summed E-state index contributed by atoms with van der Waals surface area (Å²) in [4.78, 5) is 0. The van der Waals surface area contributed by atoms with Gasteiger partial charge in [0, 0.05) is 25.3 Å². The zero-order valence-electron chi connectivity index (χ0n) is 14.0. The summed E-state index contributed by atoms with van der Waals surface area (Å²) < 4.78 is 24.5. The molecule has 1 N–H and O–H groups in total. The summed E-state index contributed by atoms with van der Waals surface area (Å²) >= 11 is 0. The number of nitrogens with one attached hydrogen (secondary N) is 1. The third-order valence-corrected chi connectivity index (χ3v) is 3.43. The number of benzene rings is 2. The summed E-state index contributed by atoms with van der Waals surface area (Å²) in [6, 6.07) is 14.5. The van der Waals surface area contributed by atoms with Crippen molar-refractivity contribution < 1.29 is 13.9 Å². The van der Waals surface area contributed by atoms with Crippen molar-refractivity contribution in [2.24, 2.45) is 0 Å². The van der Waals surface area contributed by atoms with Crippen LogP contribution in [0.2, 0.25) is 0 Å². The van der Waals surface area contributed by atoms with E-state index < -0.39 is 0 Å². The normalized spacial score (nSPS) is 10.2. The summed E-state index contributed by atoms with van der Waals surface area (Å²) in [7, 11) is 0. The zero-order valence-corrected chi connectivity index (χ0v) is 14.8. The molecule has 2 aromatic carbocycles. The molecule has 0 saturated carbocycles. The Balaban J connectivity index is 0.00000288. The van der Waals surface area contributed by atoms with Crippen LogP contribution < -0.4 is 10.1 Å². The van der Waals surface area contributed by atoms with E-state index in [1.807, 2.05) is 37.3 Å². The zero-order chi connectivity index (χ0) is 16.3. The van der Waals surface area contributed by atoms with E-state index in [-0.39, 0.29) is 24.8 Å². The predicted octanol–water partition coefficient (Wildman–Crippen LogP) is 4.34. The van der Waals surface area contributed by atoms with Crippen LogP contribution in [0.5, 0.6) is 5.75 Å². The number of ether oxygens (including phenoxy) is 2. The van der Waals surface area contributed by atoms with E-state index in [1.165, 1.54) is 6.07 Å². The smallest absolute Gasteiger partial charge is 0.129 e. The first-order chi connectivity index (χ1) is 11.3. The Bertz CT molecular complexity index is 595. The van der Waals surface area contributed by atoms with Crippen LogP contribution in [0.1, 0.15) is 24.5 Å². The molecule has 0 heterocycles. The van der Waals surface area contributed by atoms with E-state index >= 15 is 0 Å². The number of halogens is 2. The van der Waals surface area contributed by atoms with Crippen LogP contribution in [0, 0.1) is 5.82 Å². The molecule has 0 fully saturated rings. The van der Waals surface area contributed by atoms with Crippen molar-refractivity contribution in [2.45, 2.75) is 26.5 Å². The van der Waals surface area contributed by atoms with Gasteiger partial charge in [-0.3, -0.25) is 0 Å². The van der Waals surface area contributed by atoms with Gasteiger partial charge in [-0.2, -0.15) is 0 Å². The van der Waals surface area contributed by atoms with Gasteiger partial charge < -0.3 is 14.8 Å². The highest BCUT2D eigenvalue weighted by atomic mass is 35.5. The number of hydrogen-bond acceptors (Lipinski definition) is 3. The summed E-state index contributed by atoms with van der Waals surface area (Å²) in [5, 5.41) is 3.38. The highest BCUT2D eigenvalue weighted by Gasteiger charge is 2.02. The Morgan fingerprint density at radius 2 is 1.92 bits per heavy atom. The Morgan fingerprint density at radius 1 is 1.08 bits per heavy atom. The Labute approximate surface area is 149 Å². The monoisotopic (exact) mass is 353 g/mol. The minimum absolute atomic E-state index is 0. The molecule has 0 aromatic heterocycles. The maximum atomic E-state index is 13.6. The van der Waals surface area contributed by atoms with Crippen LogP contribution in [0.3, 0.4) is 0 Å². The maximum absolute atomic E-state index is 13.6. The van der Waals surface area contributed by atoms with Crippen molar-refractivity contribution in [2.75, 3.05) is 19.8 Å². The molecule has 0 aliphatic carbocycles. The molecule has 0 amide bonds. The Hall–Kier alpha value is -1.62. The lowest BCUT2D eigenvalue weighted by molar-refractivity contribution is 0.144. The highest BCUT2D eigenvalue weighted by Crippen LogP contribution is 2.16. The number of hydrogen-bond donors (Lipinski definition) is 1. The van der Waals surface area contributed by atoms with Crippen LogP contribution in [0.25, 0.3) is 0 Å². The second kappa shape index (κ2) is 11.8. The average molecular weight is 354 g/mol. The molecule has 0 bridgehead atoms. The van der Waals surface area contributed by atoms with Gasteiger partial charge in [0.25, 0.3) is 0 Å². The molecule has 0 atom stereocenters. The van der Waals surface area contributed by atoms with E-state index in [1.54, 1.807) is 12.1 Å². The summed E-state index contributed by atoms with van der Waals surface area (Å²) in [6.07, 6.45) is 0.997. The standard InChI is InChI=1S/C19H24FNO2.ClH/c1-2-22-12-6-11-21-14-16-7-5-9-18(13-16)23-15-17-8-3-4-10-19(17)20;/h3-5,7-10,13,21H,2,6,11-12,14-15H2,1H3;1H. The minimum Gasteiger partial charge on any atom is -0.489 e. The van der Waals surface area contributed by atoms with Crippen LogP contribution in [-0.4, -0.2) is 19.8 Å². The topological polar surface area (TPSA) is 30.5 Å². The SMILES string of the molecule is CCOCCCNCc1cccc(OCc2ccccc2F)c1.Cl.